The summed E-state index contributed by atoms with van der Waals surface area (Å²) in [5, 5.41) is 2.84. The number of nitrogens with one attached hydrogen (secondary N) is 1. The minimum absolute atomic E-state index is 0.137. The number of halogens is 1. The van der Waals surface area contributed by atoms with Crippen LogP contribution in [0.2, 0.25) is 0 Å². The average molecular weight is 384 g/mol. The molecular weight excluding hydrogens is 362 g/mol. The van der Waals surface area contributed by atoms with Gasteiger partial charge in [-0.3, -0.25) is 4.79 Å². The number of rotatable bonds is 6. The predicted octanol–water partition coefficient (Wildman–Crippen LogP) is 3.85. The number of allylic oxidation sites excluding steroid dienone is 2. The molecule has 1 heterocycles. The number of nitrogens with two attached hydrogens (primary N) is 1. The fourth-order valence-electron chi connectivity index (χ4n) is 2.67. The number of amides is 1. The van der Waals surface area contributed by atoms with Gasteiger partial charge in [-0.1, -0.05) is 31.2 Å². The Morgan fingerprint density at radius 2 is 1.96 bits per heavy atom. The van der Waals surface area contributed by atoms with Crippen LogP contribution in [-0.4, -0.2) is 21.9 Å². The molecule has 0 saturated carbocycles. The minimum Gasteiger partial charge on any atom is -0.482 e. The Labute approximate surface area is 163 Å². The second-order valence-electron chi connectivity index (χ2n) is 6.34. The van der Waals surface area contributed by atoms with Crippen molar-refractivity contribution < 1.29 is 9.53 Å². The van der Waals surface area contributed by atoms with Crippen LogP contribution in [0.1, 0.15) is 29.3 Å². The number of alkyl halides is 1. The van der Waals surface area contributed by atoms with E-state index < -0.39 is 4.87 Å². The van der Waals surface area contributed by atoms with E-state index in [-0.39, 0.29) is 17.8 Å². The Bertz CT molecular complexity index is 848. The van der Waals surface area contributed by atoms with Crippen LogP contribution in [0.25, 0.3) is 0 Å². The quantitative estimate of drug-likeness (QED) is 0.586. The van der Waals surface area contributed by atoms with Crippen LogP contribution >= 0.6 is 11.6 Å². The summed E-state index contributed by atoms with van der Waals surface area (Å²) in [4.78, 5) is 15.7. The van der Waals surface area contributed by atoms with Crippen LogP contribution in [-0.2, 0) is 6.54 Å². The maximum Gasteiger partial charge on any atom is 0.255 e. The van der Waals surface area contributed by atoms with Gasteiger partial charge in [0.15, 0.2) is 0 Å². The minimum atomic E-state index is -0.403. The van der Waals surface area contributed by atoms with Gasteiger partial charge < -0.3 is 15.8 Å². The van der Waals surface area contributed by atoms with Crippen LogP contribution in [0.15, 0.2) is 66.9 Å². The number of nitrogen functional groups attached to an aromatic ring is 1. The van der Waals surface area contributed by atoms with Crippen LogP contribution in [0.4, 0.5) is 5.82 Å². The van der Waals surface area contributed by atoms with Crippen molar-refractivity contribution in [1.29, 1.82) is 0 Å². The zero-order chi connectivity index (χ0) is 19.3. The summed E-state index contributed by atoms with van der Waals surface area (Å²) in [5.41, 5.74) is 7.05. The highest BCUT2D eigenvalue weighted by atomic mass is 35.5. The van der Waals surface area contributed by atoms with Crippen molar-refractivity contribution in [2.45, 2.75) is 30.9 Å². The van der Waals surface area contributed by atoms with Gasteiger partial charge in [-0.15, -0.1) is 11.6 Å². The number of anilines is 1. The second kappa shape index (κ2) is 8.27. The maximum atomic E-state index is 12.2. The molecule has 5 nitrogen and oxygen atoms in total. The van der Waals surface area contributed by atoms with Gasteiger partial charge in [0.05, 0.1) is 10.4 Å². The van der Waals surface area contributed by atoms with Gasteiger partial charge in [-0.25, -0.2) is 4.98 Å². The third kappa shape index (κ3) is 4.89. The van der Waals surface area contributed by atoms with Crippen molar-refractivity contribution in [2.24, 2.45) is 0 Å². The lowest BCUT2D eigenvalue weighted by molar-refractivity contribution is 0.0951. The molecule has 2 aromatic rings. The van der Waals surface area contributed by atoms with E-state index in [9.17, 15) is 4.79 Å². The monoisotopic (exact) mass is 383 g/mol. The third-order valence-electron chi connectivity index (χ3n) is 4.40. The maximum absolute atomic E-state index is 12.2. The molecule has 3 rings (SSSR count). The molecule has 1 aromatic heterocycles. The number of hydrogen-bond acceptors (Lipinski definition) is 4. The normalized spacial score (nSPS) is 21.0. The van der Waals surface area contributed by atoms with Gasteiger partial charge in [-0.05, 0) is 48.4 Å². The molecule has 0 spiro atoms. The molecule has 0 atom stereocenters. The van der Waals surface area contributed by atoms with Crippen LogP contribution < -0.4 is 15.8 Å². The first-order chi connectivity index (χ1) is 13.0. The summed E-state index contributed by atoms with van der Waals surface area (Å²) in [6.07, 6.45) is 10.1. The largest absolute Gasteiger partial charge is 0.482 e. The number of hydrogen-bond donors (Lipinski definition) is 2. The van der Waals surface area contributed by atoms with E-state index in [0.29, 0.717) is 12.1 Å². The first kappa shape index (κ1) is 19.0. The molecule has 1 aliphatic rings. The van der Waals surface area contributed by atoms with E-state index in [0.717, 1.165) is 17.7 Å². The summed E-state index contributed by atoms with van der Waals surface area (Å²) in [7, 11) is 0. The van der Waals surface area contributed by atoms with Crippen molar-refractivity contribution in [3.8, 4) is 5.75 Å². The Morgan fingerprint density at radius 3 is 2.59 bits per heavy atom. The number of carbonyl (C=O) groups is 1. The van der Waals surface area contributed by atoms with Crippen LogP contribution in [0, 0.1) is 0 Å². The summed E-state index contributed by atoms with van der Waals surface area (Å²) < 4.78 is 5.91. The number of carbonyl (C=O) groups excluding carboxylic acids is 1. The van der Waals surface area contributed by atoms with Crippen molar-refractivity contribution in [1.82, 2.24) is 10.3 Å². The highest BCUT2D eigenvalue weighted by molar-refractivity contribution is 6.26. The SMILES string of the molecule is CCC1(Cl)C=CC(Oc2ccc(CNC(=O)c3cccnc3N)cc2)C=C1. The molecule has 1 aromatic carbocycles. The van der Waals surface area contributed by atoms with E-state index in [1.807, 2.05) is 55.5 Å². The van der Waals surface area contributed by atoms with Gasteiger partial charge in [0, 0.05) is 12.7 Å². The lowest BCUT2D eigenvalue weighted by Gasteiger charge is -2.23. The Hall–Kier alpha value is -2.79. The summed E-state index contributed by atoms with van der Waals surface area (Å²) in [6.45, 7) is 2.44. The first-order valence-corrected chi connectivity index (χ1v) is 9.19. The van der Waals surface area contributed by atoms with Gasteiger partial charge in [0.1, 0.15) is 17.7 Å². The zero-order valence-corrected chi connectivity index (χ0v) is 15.8. The average Bonchev–Trinajstić information content (AvgIpc) is 2.69. The number of benzene rings is 1. The Balaban J connectivity index is 1.54. The lowest BCUT2D eigenvalue weighted by atomic mass is 9.98. The van der Waals surface area contributed by atoms with Crippen molar-refractivity contribution in [3.63, 3.8) is 0 Å². The molecule has 0 unspecified atom stereocenters. The summed E-state index contributed by atoms with van der Waals surface area (Å²) in [6, 6.07) is 10.9. The molecule has 140 valence electrons. The fraction of sp³-hybridized carbons (Fsp3) is 0.238. The molecule has 0 radical (unpaired) electrons. The summed E-state index contributed by atoms with van der Waals surface area (Å²) in [5.74, 6) is 0.717. The topological polar surface area (TPSA) is 77.2 Å². The van der Waals surface area contributed by atoms with Crippen molar-refractivity contribution >= 4 is 23.3 Å². The smallest absolute Gasteiger partial charge is 0.255 e. The molecule has 1 aliphatic carbocycles. The van der Waals surface area contributed by atoms with Gasteiger partial charge in [-0.2, -0.15) is 0 Å². The number of ether oxygens (including phenoxy) is 1. The standard InChI is InChI=1S/C21H22ClN3O2/c1-2-21(22)11-9-17(10-12-21)27-16-7-5-15(6-8-16)14-25-20(26)18-4-3-13-24-19(18)23/h3-13,17H,2,14H2,1H3,(H2,23,24)(H,25,26). The van der Waals surface area contributed by atoms with Gasteiger partial charge >= 0.3 is 0 Å². The van der Waals surface area contributed by atoms with Crippen LogP contribution in [0.5, 0.6) is 5.75 Å². The van der Waals surface area contributed by atoms with Crippen molar-refractivity contribution in [3.05, 3.63) is 78.0 Å². The molecule has 1 amide bonds. The van der Waals surface area contributed by atoms with E-state index >= 15 is 0 Å². The highest BCUT2D eigenvalue weighted by Gasteiger charge is 2.22. The number of aromatic nitrogens is 1. The zero-order valence-electron chi connectivity index (χ0n) is 15.1. The fourth-order valence-corrected chi connectivity index (χ4v) is 2.82. The molecule has 3 N–H and O–H groups in total. The number of nitrogens with zero attached hydrogens (tertiary/aromatic N) is 1. The summed E-state index contributed by atoms with van der Waals surface area (Å²) >= 11 is 6.39. The molecule has 0 fully saturated rings. The highest BCUT2D eigenvalue weighted by Crippen LogP contribution is 2.28. The molecular formula is C21H22ClN3O2. The second-order valence-corrected chi connectivity index (χ2v) is 7.05. The van der Waals surface area contributed by atoms with E-state index in [1.165, 1.54) is 0 Å². The van der Waals surface area contributed by atoms with E-state index in [1.54, 1.807) is 18.3 Å². The third-order valence-corrected chi connectivity index (χ3v) is 4.92. The van der Waals surface area contributed by atoms with Gasteiger partial charge in [0.25, 0.3) is 5.91 Å². The number of pyridine rings is 1. The molecule has 6 heteroatoms. The molecule has 0 bridgehead atoms. The van der Waals surface area contributed by atoms with E-state index in [4.69, 9.17) is 22.1 Å². The van der Waals surface area contributed by atoms with Crippen LogP contribution in [0.3, 0.4) is 0 Å². The molecule has 27 heavy (non-hydrogen) atoms. The Morgan fingerprint density at radius 1 is 1.26 bits per heavy atom. The van der Waals surface area contributed by atoms with Gasteiger partial charge in [0.2, 0.25) is 0 Å². The molecule has 0 aliphatic heterocycles. The molecule has 0 saturated heterocycles. The predicted molar refractivity (Wildman–Crippen MR) is 108 cm³/mol. The lowest BCUT2D eigenvalue weighted by Crippen LogP contribution is -2.24. The van der Waals surface area contributed by atoms with Crippen molar-refractivity contribution in [2.75, 3.05) is 5.73 Å². The van der Waals surface area contributed by atoms with E-state index in [2.05, 4.69) is 10.3 Å². The first-order valence-electron chi connectivity index (χ1n) is 8.81. The Kier molecular flexibility index (Phi) is 5.81.